The van der Waals surface area contributed by atoms with Gasteiger partial charge in [-0.05, 0) is 25.0 Å². The van der Waals surface area contributed by atoms with Crippen molar-refractivity contribution in [2.45, 2.75) is 18.9 Å². The molecule has 1 aromatic heterocycles. The van der Waals surface area contributed by atoms with Crippen LogP contribution in [0.5, 0.6) is 5.75 Å². The van der Waals surface area contributed by atoms with Gasteiger partial charge < -0.3 is 19.7 Å². The number of nitrogen functional groups attached to an aromatic ring is 1. The molecule has 5 nitrogen and oxygen atoms in total. The number of hydrogen-bond donors (Lipinski definition) is 1. The number of anilines is 1. The number of rotatable bonds is 3. The summed E-state index contributed by atoms with van der Waals surface area (Å²) in [6, 6.07) is 5.54. The van der Waals surface area contributed by atoms with Crippen molar-refractivity contribution in [1.29, 1.82) is 0 Å². The van der Waals surface area contributed by atoms with Gasteiger partial charge in [0.2, 0.25) is 0 Å². The summed E-state index contributed by atoms with van der Waals surface area (Å²) >= 11 is 0. The minimum atomic E-state index is 0.186. The maximum atomic E-state index is 5.74. The van der Waals surface area contributed by atoms with E-state index in [0.717, 1.165) is 24.8 Å². The van der Waals surface area contributed by atoms with Crippen molar-refractivity contribution >= 4 is 16.8 Å². The molecule has 2 heterocycles. The second kappa shape index (κ2) is 4.25. The Morgan fingerprint density at radius 1 is 1.47 bits per heavy atom. The Balaban J connectivity index is 1.81. The lowest BCUT2D eigenvalue weighted by atomic mass is 10.2. The average Bonchev–Trinajstić information content (AvgIpc) is 2.97. The predicted octanol–water partition coefficient (Wildman–Crippen LogP) is 1.97. The molecule has 1 atom stereocenters. The summed E-state index contributed by atoms with van der Waals surface area (Å²) in [5, 5.41) is 4.47. The van der Waals surface area contributed by atoms with Gasteiger partial charge in [0.15, 0.2) is 11.4 Å². The van der Waals surface area contributed by atoms with Crippen molar-refractivity contribution in [3.05, 3.63) is 18.2 Å². The molecule has 0 spiro atoms. The molecule has 2 aromatic rings. The molecule has 0 radical (unpaired) electrons. The highest BCUT2D eigenvalue weighted by Gasteiger charge is 2.17. The van der Waals surface area contributed by atoms with Crippen LogP contribution in [-0.2, 0) is 4.74 Å². The van der Waals surface area contributed by atoms with E-state index < -0.39 is 0 Å². The van der Waals surface area contributed by atoms with E-state index >= 15 is 0 Å². The number of ether oxygens (including phenoxy) is 2. The zero-order chi connectivity index (χ0) is 11.7. The Kier molecular flexibility index (Phi) is 2.60. The third-order valence-electron chi connectivity index (χ3n) is 2.94. The van der Waals surface area contributed by atoms with Crippen LogP contribution in [0.4, 0.5) is 5.82 Å². The van der Waals surface area contributed by atoms with E-state index in [2.05, 4.69) is 5.16 Å². The van der Waals surface area contributed by atoms with Gasteiger partial charge in [0.05, 0.1) is 6.10 Å². The van der Waals surface area contributed by atoms with Gasteiger partial charge in [-0.1, -0.05) is 11.2 Å². The van der Waals surface area contributed by atoms with Gasteiger partial charge in [0, 0.05) is 6.61 Å². The normalized spacial score (nSPS) is 19.9. The summed E-state index contributed by atoms with van der Waals surface area (Å²) in [6.07, 6.45) is 2.34. The summed E-state index contributed by atoms with van der Waals surface area (Å²) in [5.74, 6) is 1.07. The Hall–Kier alpha value is -1.75. The lowest BCUT2D eigenvalue weighted by molar-refractivity contribution is 0.0685. The highest BCUT2D eigenvalue weighted by Crippen LogP contribution is 2.30. The Bertz CT molecular complexity index is 517. The van der Waals surface area contributed by atoms with Crippen molar-refractivity contribution < 1.29 is 14.0 Å². The van der Waals surface area contributed by atoms with Crippen LogP contribution in [0.2, 0.25) is 0 Å². The number of fused-ring (bicyclic) bond motifs is 1. The molecule has 1 aromatic carbocycles. The molecule has 17 heavy (non-hydrogen) atoms. The molecule has 5 heteroatoms. The van der Waals surface area contributed by atoms with Gasteiger partial charge in [0.25, 0.3) is 0 Å². The molecule has 0 saturated carbocycles. The number of benzene rings is 1. The lowest BCUT2D eigenvalue weighted by Crippen LogP contribution is -2.16. The molecule has 1 aliphatic rings. The molecular weight excluding hydrogens is 220 g/mol. The summed E-state index contributed by atoms with van der Waals surface area (Å²) in [4.78, 5) is 0. The van der Waals surface area contributed by atoms with Gasteiger partial charge in [0.1, 0.15) is 17.7 Å². The van der Waals surface area contributed by atoms with Crippen LogP contribution in [-0.4, -0.2) is 24.5 Å². The standard InChI is InChI=1S/C12H14N2O3/c13-12-11-9(4-1-5-10(11)17-14-12)16-7-8-3-2-6-15-8/h1,4-5,8H,2-3,6-7H2,(H2,13,14). The largest absolute Gasteiger partial charge is 0.490 e. The zero-order valence-corrected chi connectivity index (χ0v) is 9.39. The fourth-order valence-electron chi connectivity index (χ4n) is 2.06. The number of nitrogens with two attached hydrogens (primary N) is 1. The van der Waals surface area contributed by atoms with E-state index in [-0.39, 0.29) is 6.10 Å². The molecule has 0 aliphatic carbocycles. The maximum Gasteiger partial charge on any atom is 0.178 e. The van der Waals surface area contributed by atoms with Crippen molar-refractivity contribution in [2.24, 2.45) is 0 Å². The van der Waals surface area contributed by atoms with Crippen LogP contribution in [0, 0.1) is 0 Å². The van der Waals surface area contributed by atoms with E-state index in [1.54, 1.807) is 0 Å². The predicted molar refractivity (Wildman–Crippen MR) is 62.9 cm³/mol. The van der Waals surface area contributed by atoms with Gasteiger partial charge in [-0.2, -0.15) is 0 Å². The first-order valence-corrected chi connectivity index (χ1v) is 5.73. The van der Waals surface area contributed by atoms with Gasteiger partial charge in [-0.3, -0.25) is 0 Å². The smallest absolute Gasteiger partial charge is 0.178 e. The molecule has 0 amide bonds. The first-order valence-electron chi connectivity index (χ1n) is 5.73. The van der Waals surface area contributed by atoms with Crippen molar-refractivity contribution in [1.82, 2.24) is 5.16 Å². The second-order valence-electron chi connectivity index (χ2n) is 4.14. The van der Waals surface area contributed by atoms with Crippen molar-refractivity contribution in [3.8, 4) is 5.75 Å². The quantitative estimate of drug-likeness (QED) is 0.879. The highest BCUT2D eigenvalue weighted by molar-refractivity contribution is 5.92. The third-order valence-corrected chi connectivity index (χ3v) is 2.94. The summed E-state index contributed by atoms with van der Waals surface area (Å²) in [5.41, 5.74) is 6.39. The van der Waals surface area contributed by atoms with Crippen LogP contribution in [0.15, 0.2) is 22.7 Å². The molecule has 3 rings (SSSR count). The number of nitrogens with zero attached hydrogens (tertiary/aromatic N) is 1. The Labute approximate surface area is 98.5 Å². The van der Waals surface area contributed by atoms with Crippen molar-refractivity contribution in [2.75, 3.05) is 18.9 Å². The SMILES string of the molecule is Nc1noc2cccc(OCC3CCCO3)c12. The van der Waals surface area contributed by atoms with E-state index in [4.69, 9.17) is 19.7 Å². The third kappa shape index (κ3) is 1.93. The zero-order valence-electron chi connectivity index (χ0n) is 9.39. The molecule has 2 N–H and O–H groups in total. The van der Waals surface area contributed by atoms with Crippen molar-refractivity contribution in [3.63, 3.8) is 0 Å². The Morgan fingerprint density at radius 2 is 2.41 bits per heavy atom. The monoisotopic (exact) mass is 234 g/mol. The molecular formula is C12H14N2O3. The van der Waals surface area contributed by atoms with Crippen LogP contribution in [0.25, 0.3) is 11.0 Å². The first-order chi connectivity index (χ1) is 8.34. The topological polar surface area (TPSA) is 70.5 Å². The number of hydrogen-bond acceptors (Lipinski definition) is 5. The highest BCUT2D eigenvalue weighted by atomic mass is 16.5. The first kappa shape index (κ1) is 10.4. The van der Waals surface area contributed by atoms with Gasteiger partial charge >= 0.3 is 0 Å². The summed E-state index contributed by atoms with van der Waals surface area (Å²) < 4.78 is 16.3. The van der Waals surface area contributed by atoms with E-state index in [0.29, 0.717) is 23.8 Å². The van der Waals surface area contributed by atoms with Crippen LogP contribution >= 0.6 is 0 Å². The Morgan fingerprint density at radius 3 is 3.24 bits per heavy atom. The molecule has 90 valence electrons. The lowest BCUT2D eigenvalue weighted by Gasteiger charge is -2.11. The molecule has 1 fully saturated rings. The molecule has 1 unspecified atom stereocenters. The van der Waals surface area contributed by atoms with E-state index in [1.165, 1.54) is 0 Å². The molecule has 0 bridgehead atoms. The summed E-state index contributed by atoms with van der Waals surface area (Å²) in [7, 11) is 0. The number of aromatic nitrogens is 1. The minimum absolute atomic E-state index is 0.186. The van der Waals surface area contributed by atoms with Gasteiger partial charge in [-0.15, -0.1) is 0 Å². The van der Waals surface area contributed by atoms with E-state index in [1.807, 2.05) is 18.2 Å². The summed E-state index contributed by atoms with van der Waals surface area (Å²) in [6.45, 7) is 1.37. The van der Waals surface area contributed by atoms with Gasteiger partial charge in [-0.25, -0.2) is 0 Å². The minimum Gasteiger partial charge on any atom is -0.490 e. The van der Waals surface area contributed by atoms with Crippen LogP contribution in [0.1, 0.15) is 12.8 Å². The average molecular weight is 234 g/mol. The van der Waals surface area contributed by atoms with E-state index in [9.17, 15) is 0 Å². The maximum absolute atomic E-state index is 5.74. The second-order valence-corrected chi connectivity index (χ2v) is 4.14. The van der Waals surface area contributed by atoms with Crippen LogP contribution < -0.4 is 10.5 Å². The fraction of sp³-hybridized carbons (Fsp3) is 0.417. The fourth-order valence-corrected chi connectivity index (χ4v) is 2.06. The molecule has 1 aliphatic heterocycles. The molecule has 1 saturated heterocycles. The van der Waals surface area contributed by atoms with Crippen LogP contribution in [0.3, 0.4) is 0 Å².